The number of rotatable bonds is 7. The van der Waals surface area contributed by atoms with Crippen molar-refractivity contribution in [1.82, 2.24) is 9.78 Å². The predicted molar refractivity (Wildman–Crippen MR) is 102 cm³/mol. The summed E-state index contributed by atoms with van der Waals surface area (Å²) in [5, 5.41) is 4.81. The fourth-order valence-corrected chi connectivity index (χ4v) is 3.05. The first kappa shape index (κ1) is 17.7. The third-order valence-corrected chi connectivity index (χ3v) is 4.56. The van der Waals surface area contributed by atoms with E-state index in [1.54, 1.807) is 0 Å². The van der Waals surface area contributed by atoms with Gasteiger partial charge in [0, 0.05) is 10.5 Å². The van der Waals surface area contributed by atoms with Crippen molar-refractivity contribution in [3.8, 4) is 16.9 Å². The van der Waals surface area contributed by atoms with E-state index in [1.165, 1.54) is 30.3 Å². The van der Waals surface area contributed by atoms with Gasteiger partial charge in [-0.3, -0.25) is 0 Å². The van der Waals surface area contributed by atoms with E-state index in [9.17, 15) is 0 Å². The number of aromatic nitrogens is 2. The highest BCUT2D eigenvalue weighted by Crippen LogP contribution is 2.27. The number of hydrogen-bond acceptors (Lipinski definition) is 4. The van der Waals surface area contributed by atoms with Crippen LogP contribution in [0.5, 0.6) is 0 Å². The van der Waals surface area contributed by atoms with E-state index in [0.717, 1.165) is 34.8 Å². The highest BCUT2D eigenvalue weighted by atomic mass is 32.2. The molecule has 5 heteroatoms. The molecule has 0 N–H and O–H groups in total. The second kappa shape index (κ2) is 8.34. The van der Waals surface area contributed by atoms with E-state index in [1.807, 2.05) is 28.9 Å². The quantitative estimate of drug-likeness (QED) is 0.324. The summed E-state index contributed by atoms with van der Waals surface area (Å²) in [5.41, 5.74) is 5.67. The van der Waals surface area contributed by atoms with Gasteiger partial charge in [0.2, 0.25) is 0 Å². The van der Waals surface area contributed by atoms with Crippen molar-refractivity contribution in [2.45, 2.75) is 31.6 Å². The third-order valence-electron chi connectivity index (χ3n) is 3.89. The van der Waals surface area contributed by atoms with Gasteiger partial charge in [-0.15, -0.1) is 0 Å². The molecule has 2 aromatic carbocycles. The van der Waals surface area contributed by atoms with Gasteiger partial charge < -0.3 is 0 Å². The van der Waals surface area contributed by atoms with Gasteiger partial charge in [0.05, 0.1) is 36.2 Å². The first-order valence-corrected chi connectivity index (χ1v) is 9.09. The maximum Gasteiger partial charge on any atom is 0.0743 e. The van der Waals surface area contributed by atoms with E-state index < -0.39 is 0 Å². The summed E-state index contributed by atoms with van der Waals surface area (Å²) in [6.07, 6.45) is 2.05. The molecule has 0 unspecified atom stereocenters. The summed E-state index contributed by atoms with van der Waals surface area (Å²) in [4.78, 5) is 5.60. The lowest BCUT2D eigenvalue weighted by Gasteiger charge is -2.09. The molecule has 0 bridgehead atoms. The summed E-state index contributed by atoms with van der Waals surface area (Å²) in [6, 6.07) is 18.8. The Bertz CT molecular complexity index is 811. The van der Waals surface area contributed by atoms with Gasteiger partial charge in [-0.25, -0.2) is 9.57 Å². The van der Waals surface area contributed by atoms with E-state index in [4.69, 9.17) is 9.43 Å². The van der Waals surface area contributed by atoms with E-state index >= 15 is 0 Å². The van der Waals surface area contributed by atoms with Crippen molar-refractivity contribution >= 4 is 12.0 Å². The van der Waals surface area contributed by atoms with Crippen molar-refractivity contribution < 1.29 is 9.22 Å². The standard InChI is InChI=1S/C20H22N2O2S/c1-4-5-17-14-20(16-8-6-15(2)7-9-16)22(21-17)18-10-12-19(13-11-18)25-24-23-3/h6-14H,4-5H2,1-3H3. The zero-order valence-electron chi connectivity index (χ0n) is 14.7. The molecule has 4 nitrogen and oxygen atoms in total. The van der Waals surface area contributed by atoms with Crippen LogP contribution in [-0.2, 0) is 15.6 Å². The molecule has 0 saturated heterocycles. The Balaban J connectivity index is 1.97. The van der Waals surface area contributed by atoms with Crippen LogP contribution >= 0.6 is 12.0 Å². The minimum absolute atomic E-state index is 0.974. The van der Waals surface area contributed by atoms with Crippen LogP contribution in [0.3, 0.4) is 0 Å². The maximum atomic E-state index is 4.90. The fourth-order valence-electron chi connectivity index (χ4n) is 2.65. The van der Waals surface area contributed by atoms with Crippen LogP contribution < -0.4 is 0 Å². The zero-order chi connectivity index (χ0) is 17.6. The minimum atomic E-state index is 0.974. The van der Waals surface area contributed by atoms with Crippen molar-refractivity contribution in [2.75, 3.05) is 7.11 Å². The van der Waals surface area contributed by atoms with Crippen molar-refractivity contribution in [2.24, 2.45) is 0 Å². The largest absolute Gasteiger partial charge is 0.233 e. The Hall–Kier alpha value is -2.08. The van der Waals surface area contributed by atoms with Crippen LogP contribution in [0.4, 0.5) is 0 Å². The first-order chi connectivity index (χ1) is 12.2. The van der Waals surface area contributed by atoms with Crippen LogP contribution in [0.2, 0.25) is 0 Å². The Labute approximate surface area is 152 Å². The Morgan fingerprint density at radius 2 is 1.76 bits per heavy atom. The second-order valence-electron chi connectivity index (χ2n) is 5.86. The summed E-state index contributed by atoms with van der Waals surface area (Å²) in [7, 11) is 1.49. The molecule has 130 valence electrons. The lowest BCUT2D eigenvalue weighted by atomic mass is 10.1. The molecule has 3 aromatic rings. The van der Waals surface area contributed by atoms with Crippen LogP contribution in [0, 0.1) is 6.92 Å². The minimum Gasteiger partial charge on any atom is -0.233 e. The summed E-state index contributed by atoms with van der Waals surface area (Å²) < 4.78 is 6.91. The molecular formula is C20H22N2O2S. The van der Waals surface area contributed by atoms with Crippen LogP contribution in [-0.4, -0.2) is 16.9 Å². The maximum absolute atomic E-state index is 4.90. The molecule has 0 aliphatic carbocycles. The van der Waals surface area contributed by atoms with Gasteiger partial charge in [-0.05, 0) is 43.7 Å². The molecule has 0 radical (unpaired) electrons. The molecule has 0 amide bonds. The SMILES string of the molecule is CCCc1cc(-c2ccc(C)cc2)n(-c2ccc(SOOC)cc2)n1. The van der Waals surface area contributed by atoms with Crippen LogP contribution in [0.15, 0.2) is 59.5 Å². The van der Waals surface area contributed by atoms with Crippen molar-refractivity contribution in [3.05, 3.63) is 65.9 Å². The summed E-state index contributed by atoms with van der Waals surface area (Å²) in [6.45, 7) is 4.27. The molecule has 0 aliphatic rings. The molecule has 1 aromatic heterocycles. The summed E-state index contributed by atoms with van der Waals surface area (Å²) >= 11 is 1.19. The lowest BCUT2D eigenvalue weighted by molar-refractivity contribution is -0.160. The average molecular weight is 354 g/mol. The number of benzene rings is 2. The molecule has 0 fully saturated rings. The highest BCUT2D eigenvalue weighted by molar-refractivity contribution is 7.94. The summed E-state index contributed by atoms with van der Waals surface area (Å²) in [5.74, 6) is 0. The lowest BCUT2D eigenvalue weighted by Crippen LogP contribution is -1.99. The smallest absolute Gasteiger partial charge is 0.0743 e. The molecule has 0 atom stereocenters. The van der Waals surface area contributed by atoms with Crippen LogP contribution in [0.1, 0.15) is 24.6 Å². The molecule has 25 heavy (non-hydrogen) atoms. The van der Waals surface area contributed by atoms with E-state index in [-0.39, 0.29) is 0 Å². The molecular weight excluding hydrogens is 332 g/mol. The van der Waals surface area contributed by atoms with Gasteiger partial charge >= 0.3 is 0 Å². The van der Waals surface area contributed by atoms with Crippen molar-refractivity contribution in [3.63, 3.8) is 0 Å². The topological polar surface area (TPSA) is 36.3 Å². The zero-order valence-corrected chi connectivity index (χ0v) is 15.5. The molecule has 0 saturated carbocycles. The third kappa shape index (κ3) is 4.31. The van der Waals surface area contributed by atoms with Gasteiger partial charge in [-0.1, -0.05) is 43.2 Å². The average Bonchev–Trinajstić information content (AvgIpc) is 3.05. The predicted octanol–water partition coefficient (Wildman–Crippen LogP) is 5.39. The van der Waals surface area contributed by atoms with Gasteiger partial charge in [-0.2, -0.15) is 9.43 Å². The Kier molecular flexibility index (Phi) is 5.91. The van der Waals surface area contributed by atoms with Gasteiger partial charge in [0.15, 0.2) is 0 Å². The Morgan fingerprint density at radius 3 is 2.40 bits per heavy atom. The van der Waals surface area contributed by atoms with E-state index in [2.05, 4.69) is 49.1 Å². The number of nitrogens with zero attached hydrogens (tertiary/aromatic N) is 2. The number of hydrogen-bond donors (Lipinski definition) is 0. The normalized spacial score (nSPS) is 11.0. The molecule has 1 heterocycles. The molecule has 0 aliphatic heterocycles. The van der Waals surface area contributed by atoms with Gasteiger partial charge in [0.1, 0.15) is 0 Å². The first-order valence-electron chi connectivity index (χ1n) is 8.35. The van der Waals surface area contributed by atoms with Crippen LogP contribution in [0.25, 0.3) is 16.9 Å². The number of aryl methyl sites for hydroxylation is 2. The monoisotopic (exact) mass is 354 g/mol. The molecule has 3 rings (SSSR count). The Morgan fingerprint density at radius 1 is 1.04 bits per heavy atom. The van der Waals surface area contributed by atoms with Gasteiger partial charge in [0.25, 0.3) is 0 Å². The van der Waals surface area contributed by atoms with E-state index in [0.29, 0.717) is 0 Å². The molecule has 0 spiro atoms. The fraction of sp³-hybridized carbons (Fsp3) is 0.250. The second-order valence-corrected chi connectivity index (χ2v) is 6.63. The highest BCUT2D eigenvalue weighted by Gasteiger charge is 2.11. The van der Waals surface area contributed by atoms with Crippen molar-refractivity contribution in [1.29, 1.82) is 0 Å².